The van der Waals surface area contributed by atoms with Crippen LogP contribution in [0.2, 0.25) is 5.02 Å². The maximum absolute atomic E-state index is 13.5. The zero-order valence-corrected chi connectivity index (χ0v) is 10.1. The molecule has 0 heterocycles. The van der Waals surface area contributed by atoms with Crippen LogP contribution in [0.1, 0.15) is 31.7 Å². The average molecular weight is 247 g/mol. The number of halogens is 2. The van der Waals surface area contributed by atoms with Gasteiger partial charge in [-0.15, -0.1) is 0 Å². The Morgan fingerprint density at radius 3 is 2.44 bits per heavy atom. The summed E-state index contributed by atoms with van der Waals surface area (Å²) in [7, 11) is 0. The third kappa shape index (κ3) is 3.17. The molecule has 0 radical (unpaired) electrons. The van der Waals surface area contributed by atoms with E-state index in [-0.39, 0.29) is 18.2 Å². The molecule has 3 atom stereocenters. The molecule has 0 fully saturated rings. The zero-order chi connectivity index (χ0) is 12.3. The normalized spacial score (nSPS) is 16.9. The third-order valence-corrected chi connectivity index (χ3v) is 2.97. The van der Waals surface area contributed by atoms with Crippen LogP contribution in [0.4, 0.5) is 4.39 Å². The van der Waals surface area contributed by atoms with Crippen LogP contribution in [-0.4, -0.2) is 22.4 Å². The Labute approximate surface area is 99.7 Å². The van der Waals surface area contributed by atoms with E-state index in [4.69, 9.17) is 11.6 Å². The zero-order valence-electron chi connectivity index (χ0n) is 9.32. The standard InChI is InChI=1S/C12H16ClFO2/c1-7(6-11(16)8(2)15)12-9(13)4-3-5-10(12)14/h3-5,7-8,11,15-16H,6H2,1-2H3. The lowest BCUT2D eigenvalue weighted by molar-refractivity contribution is 0.0225. The van der Waals surface area contributed by atoms with Crippen molar-refractivity contribution in [2.45, 2.75) is 38.4 Å². The molecule has 0 aromatic heterocycles. The number of aliphatic hydroxyl groups excluding tert-OH is 2. The number of rotatable bonds is 4. The first-order valence-electron chi connectivity index (χ1n) is 5.23. The van der Waals surface area contributed by atoms with Gasteiger partial charge >= 0.3 is 0 Å². The molecular weight excluding hydrogens is 231 g/mol. The van der Waals surface area contributed by atoms with E-state index in [2.05, 4.69) is 0 Å². The van der Waals surface area contributed by atoms with Gasteiger partial charge in [-0.05, 0) is 31.4 Å². The summed E-state index contributed by atoms with van der Waals surface area (Å²) in [5, 5.41) is 19.1. The maximum atomic E-state index is 13.5. The molecule has 16 heavy (non-hydrogen) atoms. The third-order valence-electron chi connectivity index (χ3n) is 2.64. The fourth-order valence-electron chi connectivity index (χ4n) is 1.66. The Bertz CT molecular complexity index is 335. The number of hydrogen-bond acceptors (Lipinski definition) is 2. The van der Waals surface area contributed by atoms with Crippen LogP contribution in [0.25, 0.3) is 0 Å². The van der Waals surface area contributed by atoms with Crippen LogP contribution >= 0.6 is 11.6 Å². The minimum atomic E-state index is -0.870. The Kier molecular flexibility index (Phi) is 4.71. The average Bonchev–Trinajstić information content (AvgIpc) is 2.16. The molecule has 4 heteroatoms. The Hall–Kier alpha value is -0.640. The van der Waals surface area contributed by atoms with E-state index in [1.807, 2.05) is 0 Å². The van der Waals surface area contributed by atoms with E-state index in [1.54, 1.807) is 19.1 Å². The number of benzene rings is 1. The Morgan fingerprint density at radius 2 is 1.94 bits per heavy atom. The van der Waals surface area contributed by atoms with Crippen LogP contribution in [-0.2, 0) is 0 Å². The Morgan fingerprint density at radius 1 is 1.31 bits per heavy atom. The van der Waals surface area contributed by atoms with Crippen molar-refractivity contribution in [1.82, 2.24) is 0 Å². The van der Waals surface area contributed by atoms with Gasteiger partial charge in [0.25, 0.3) is 0 Å². The predicted octanol–water partition coefficient (Wildman–Crippen LogP) is 2.71. The molecule has 0 amide bonds. The van der Waals surface area contributed by atoms with Gasteiger partial charge in [-0.25, -0.2) is 4.39 Å². The Balaban J connectivity index is 2.84. The molecule has 0 saturated carbocycles. The van der Waals surface area contributed by atoms with Gasteiger partial charge in [-0.2, -0.15) is 0 Å². The van der Waals surface area contributed by atoms with Crippen molar-refractivity contribution in [3.8, 4) is 0 Å². The van der Waals surface area contributed by atoms with Crippen LogP contribution < -0.4 is 0 Å². The fraction of sp³-hybridized carbons (Fsp3) is 0.500. The highest BCUT2D eigenvalue weighted by atomic mass is 35.5. The highest BCUT2D eigenvalue weighted by Crippen LogP contribution is 2.30. The summed E-state index contributed by atoms with van der Waals surface area (Å²) in [6, 6.07) is 4.50. The summed E-state index contributed by atoms with van der Waals surface area (Å²) >= 11 is 5.90. The molecule has 1 aromatic rings. The highest BCUT2D eigenvalue weighted by Gasteiger charge is 2.20. The lowest BCUT2D eigenvalue weighted by Crippen LogP contribution is -2.24. The van der Waals surface area contributed by atoms with Crippen molar-refractivity contribution in [2.24, 2.45) is 0 Å². The summed E-state index contributed by atoms with van der Waals surface area (Å²) < 4.78 is 13.5. The van der Waals surface area contributed by atoms with Gasteiger partial charge in [0.05, 0.1) is 12.2 Å². The molecule has 1 rings (SSSR count). The minimum absolute atomic E-state index is 0.238. The second-order valence-electron chi connectivity index (χ2n) is 4.08. The highest BCUT2D eigenvalue weighted by molar-refractivity contribution is 6.31. The van der Waals surface area contributed by atoms with E-state index in [9.17, 15) is 14.6 Å². The van der Waals surface area contributed by atoms with Crippen molar-refractivity contribution in [1.29, 1.82) is 0 Å². The van der Waals surface area contributed by atoms with Gasteiger partial charge < -0.3 is 10.2 Å². The summed E-state index contributed by atoms with van der Waals surface area (Å²) in [5.74, 6) is -0.615. The molecule has 0 aliphatic carbocycles. The van der Waals surface area contributed by atoms with Crippen LogP contribution in [0.3, 0.4) is 0 Å². The van der Waals surface area contributed by atoms with Gasteiger partial charge in [0.2, 0.25) is 0 Å². The van der Waals surface area contributed by atoms with E-state index in [0.717, 1.165) is 0 Å². The van der Waals surface area contributed by atoms with Crippen molar-refractivity contribution in [2.75, 3.05) is 0 Å². The number of aliphatic hydroxyl groups is 2. The van der Waals surface area contributed by atoms with Crippen molar-refractivity contribution in [3.63, 3.8) is 0 Å². The summed E-state index contributed by atoms with van der Waals surface area (Å²) in [6.45, 7) is 3.27. The van der Waals surface area contributed by atoms with Crippen LogP contribution in [0, 0.1) is 5.82 Å². The molecular formula is C12H16ClFO2. The molecule has 0 bridgehead atoms. The van der Waals surface area contributed by atoms with Crippen molar-refractivity contribution < 1.29 is 14.6 Å². The van der Waals surface area contributed by atoms with Crippen molar-refractivity contribution in [3.05, 3.63) is 34.6 Å². The van der Waals surface area contributed by atoms with Gasteiger partial charge in [-0.3, -0.25) is 0 Å². The largest absolute Gasteiger partial charge is 0.391 e. The first-order valence-corrected chi connectivity index (χ1v) is 5.61. The monoisotopic (exact) mass is 246 g/mol. The van der Waals surface area contributed by atoms with E-state index >= 15 is 0 Å². The fourth-order valence-corrected chi connectivity index (χ4v) is 2.01. The van der Waals surface area contributed by atoms with Gasteiger partial charge in [-0.1, -0.05) is 24.6 Å². The molecule has 90 valence electrons. The summed E-state index contributed by atoms with van der Waals surface area (Å²) in [5.41, 5.74) is 0.392. The maximum Gasteiger partial charge on any atom is 0.128 e. The SMILES string of the molecule is CC(CC(O)C(C)O)c1c(F)cccc1Cl. The van der Waals surface area contributed by atoms with E-state index in [0.29, 0.717) is 10.6 Å². The minimum Gasteiger partial charge on any atom is -0.391 e. The van der Waals surface area contributed by atoms with Crippen LogP contribution in [0.5, 0.6) is 0 Å². The molecule has 0 saturated heterocycles. The molecule has 0 aliphatic rings. The molecule has 0 spiro atoms. The second kappa shape index (κ2) is 5.62. The van der Waals surface area contributed by atoms with Gasteiger partial charge in [0.15, 0.2) is 0 Å². The number of hydrogen-bond donors (Lipinski definition) is 2. The van der Waals surface area contributed by atoms with Crippen LogP contribution in [0.15, 0.2) is 18.2 Å². The van der Waals surface area contributed by atoms with Crippen molar-refractivity contribution >= 4 is 11.6 Å². The quantitative estimate of drug-likeness (QED) is 0.858. The first kappa shape index (κ1) is 13.4. The molecule has 3 unspecified atom stereocenters. The van der Waals surface area contributed by atoms with Gasteiger partial charge in [0, 0.05) is 10.6 Å². The summed E-state index contributed by atoms with van der Waals surface area (Å²) in [4.78, 5) is 0. The topological polar surface area (TPSA) is 40.5 Å². The molecule has 2 nitrogen and oxygen atoms in total. The predicted molar refractivity (Wildman–Crippen MR) is 62.1 cm³/mol. The first-order chi connectivity index (χ1) is 7.43. The second-order valence-corrected chi connectivity index (χ2v) is 4.49. The van der Waals surface area contributed by atoms with E-state index in [1.165, 1.54) is 13.0 Å². The summed E-state index contributed by atoms with van der Waals surface area (Å²) in [6.07, 6.45) is -1.42. The molecule has 2 N–H and O–H groups in total. The van der Waals surface area contributed by atoms with Gasteiger partial charge in [0.1, 0.15) is 5.82 Å². The lowest BCUT2D eigenvalue weighted by atomic mass is 9.93. The lowest BCUT2D eigenvalue weighted by Gasteiger charge is -2.20. The molecule has 1 aromatic carbocycles. The van der Waals surface area contributed by atoms with E-state index < -0.39 is 12.2 Å². The molecule has 0 aliphatic heterocycles. The smallest absolute Gasteiger partial charge is 0.128 e.